The zero-order valence-electron chi connectivity index (χ0n) is 17.3. The molecule has 0 aliphatic heterocycles. The minimum absolute atomic E-state index is 0.164. The normalized spacial score (nSPS) is 11.1. The molecule has 158 valence electrons. The maximum atomic E-state index is 12.6. The number of fused-ring (bicyclic) bond motifs is 1. The smallest absolute Gasteiger partial charge is 0.336 e. The van der Waals surface area contributed by atoms with Gasteiger partial charge in [0.2, 0.25) is 5.91 Å². The van der Waals surface area contributed by atoms with Crippen LogP contribution in [0.25, 0.3) is 11.0 Å². The molecule has 1 amide bonds. The Kier molecular flexibility index (Phi) is 7.13. The number of ether oxygens (including phenoxy) is 1. The average Bonchev–Trinajstić information content (AvgIpc) is 2.73. The van der Waals surface area contributed by atoms with E-state index >= 15 is 0 Å². The maximum absolute atomic E-state index is 12.6. The number of nitrogens with zero attached hydrogens (tertiary/aromatic N) is 1. The minimum atomic E-state index is -0.420. The molecule has 1 N–H and O–H groups in total. The lowest BCUT2D eigenvalue weighted by molar-refractivity contribution is -0.117. The summed E-state index contributed by atoms with van der Waals surface area (Å²) < 4.78 is 10.7. The highest BCUT2D eigenvalue weighted by Crippen LogP contribution is 2.27. The molecule has 1 aromatic heterocycles. The third-order valence-corrected chi connectivity index (χ3v) is 5.32. The van der Waals surface area contributed by atoms with Crippen LogP contribution in [0.1, 0.15) is 25.0 Å². The summed E-state index contributed by atoms with van der Waals surface area (Å²) in [5, 5.41) is 4.29. The van der Waals surface area contributed by atoms with Gasteiger partial charge in [0.1, 0.15) is 11.3 Å². The van der Waals surface area contributed by atoms with Gasteiger partial charge in [-0.05, 0) is 48.4 Å². The molecule has 1 heterocycles. The van der Waals surface area contributed by atoms with Crippen LogP contribution in [-0.2, 0) is 17.8 Å². The number of aryl methyl sites for hydroxylation is 1. The summed E-state index contributed by atoms with van der Waals surface area (Å²) in [5.74, 6) is 0.432. The molecule has 7 heteroatoms. The van der Waals surface area contributed by atoms with Crippen molar-refractivity contribution in [3.63, 3.8) is 0 Å². The summed E-state index contributed by atoms with van der Waals surface area (Å²) in [6.07, 6.45) is 0.743. The first-order valence-electron chi connectivity index (χ1n) is 9.85. The number of methoxy groups -OCH3 is 1. The fourth-order valence-electron chi connectivity index (χ4n) is 3.35. The van der Waals surface area contributed by atoms with E-state index in [1.54, 1.807) is 19.2 Å². The van der Waals surface area contributed by atoms with Crippen LogP contribution in [0.4, 0.5) is 5.69 Å². The Labute approximate surface area is 180 Å². The molecular formula is C23H25ClN2O4. The molecule has 3 aromatic rings. The van der Waals surface area contributed by atoms with E-state index in [1.165, 1.54) is 6.07 Å². The Morgan fingerprint density at radius 2 is 1.93 bits per heavy atom. The highest BCUT2D eigenvalue weighted by Gasteiger charge is 2.15. The first-order valence-corrected chi connectivity index (χ1v) is 10.2. The van der Waals surface area contributed by atoms with Crippen molar-refractivity contribution in [1.29, 1.82) is 0 Å². The summed E-state index contributed by atoms with van der Waals surface area (Å²) >= 11 is 6.38. The van der Waals surface area contributed by atoms with Crippen molar-refractivity contribution in [2.75, 3.05) is 25.5 Å². The number of amides is 1. The molecule has 0 saturated heterocycles. The van der Waals surface area contributed by atoms with E-state index < -0.39 is 5.63 Å². The molecule has 6 nitrogen and oxygen atoms in total. The second-order valence-corrected chi connectivity index (χ2v) is 7.34. The zero-order chi connectivity index (χ0) is 21.7. The number of rotatable bonds is 8. The summed E-state index contributed by atoms with van der Waals surface area (Å²) in [6.45, 7) is 5.17. The Balaban J connectivity index is 1.81. The van der Waals surface area contributed by atoms with Crippen LogP contribution in [0, 0.1) is 0 Å². The Morgan fingerprint density at radius 1 is 1.17 bits per heavy atom. The van der Waals surface area contributed by atoms with Crippen LogP contribution < -0.4 is 15.7 Å². The van der Waals surface area contributed by atoms with E-state index in [1.807, 2.05) is 43.0 Å². The lowest BCUT2D eigenvalue weighted by Crippen LogP contribution is -2.33. The second-order valence-electron chi connectivity index (χ2n) is 6.94. The third kappa shape index (κ3) is 5.01. The number of hydrogen-bond acceptors (Lipinski definition) is 5. The molecule has 0 unspecified atom stereocenters. The van der Waals surface area contributed by atoms with Crippen molar-refractivity contribution in [3.05, 3.63) is 69.0 Å². The van der Waals surface area contributed by atoms with Crippen LogP contribution in [0.5, 0.6) is 5.75 Å². The molecule has 0 radical (unpaired) electrons. The van der Waals surface area contributed by atoms with E-state index in [2.05, 4.69) is 5.32 Å². The molecule has 2 aromatic carbocycles. The number of nitrogens with one attached hydrogen (secondary N) is 1. The van der Waals surface area contributed by atoms with Crippen molar-refractivity contribution in [1.82, 2.24) is 4.90 Å². The number of likely N-dealkylation sites (N-methyl/N-ethyl adjacent to an activating group) is 1. The fraction of sp³-hybridized carbons (Fsp3) is 0.304. The van der Waals surface area contributed by atoms with E-state index in [0.717, 1.165) is 22.9 Å². The van der Waals surface area contributed by atoms with Gasteiger partial charge in [0.15, 0.2) is 0 Å². The molecule has 0 aliphatic rings. The number of hydrogen-bond donors (Lipinski definition) is 1. The van der Waals surface area contributed by atoms with Crippen molar-refractivity contribution in [2.24, 2.45) is 0 Å². The standard InChI is InChI=1S/C23H25ClN2O4/c1-4-15-10-21-17(12-18(15)24)16(11-23(28)30-21)13-26(5-2)14-22(27)25-19-8-6-7-9-20(19)29-3/h6-12H,4-5,13-14H2,1-3H3,(H,25,27). The van der Waals surface area contributed by atoms with Gasteiger partial charge < -0.3 is 14.5 Å². The average molecular weight is 429 g/mol. The molecule has 0 spiro atoms. The van der Waals surface area contributed by atoms with Crippen molar-refractivity contribution in [2.45, 2.75) is 26.8 Å². The summed E-state index contributed by atoms with van der Waals surface area (Å²) in [4.78, 5) is 26.6. The van der Waals surface area contributed by atoms with Gasteiger partial charge >= 0.3 is 5.63 Å². The van der Waals surface area contributed by atoms with E-state index in [4.69, 9.17) is 20.8 Å². The number of carbonyl (C=O) groups is 1. The molecule has 3 rings (SSSR count). The number of anilines is 1. The third-order valence-electron chi connectivity index (χ3n) is 4.97. The van der Waals surface area contributed by atoms with Gasteiger partial charge in [-0.1, -0.05) is 37.6 Å². The highest BCUT2D eigenvalue weighted by molar-refractivity contribution is 6.32. The number of carbonyl (C=O) groups excluding carboxylic acids is 1. The van der Waals surface area contributed by atoms with Gasteiger partial charge in [-0.25, -0.2) is 4.79 Å². The molecule has 30 heavy (non-hydrogen) atoms. The maximum Gasteiger partial charge on any atom is 0.336 e. The van der Waals surface area contributed by atoms with E-state index in [0.29, 0.717) is 35.1 Å². The van der Waals surface area contributed by atoms with Crippen molar-refractivity contribution < 1.29 is 13.9 Å². The quantitative estimate of drug-likeness (QED) is 0.535. The molecule has 0 bridgehead atoms. The van der Waals surface area contributed by atoms with Crippen LogP contribution in [0.15, 0.2) is 51.7 Å². The van der Waals surface area contributed by atoms with Gasteiger partial charge in [0.25, 0.3) is 0 Å². The molecular weight excluding hydrogens is 404 g/mol. The van der Waals surface area contributed by atoms with Gasteiger partial charge in [-0.15, -0.1) is 0 Å². The van der Waals surface area contributed by atoms with Gasteiger partial charge in [-0.2, -0.15) is 0 Å². The van der Waals surface area contributed by atoms with Crippen LogP contribution in [-0.4, -0.2) is 31.0 Å². The molecule has 0 fully saturated rings. The SMILES string of the molecule is CCc1cc2oc(=O)cc(CN(CC)CC(=O)Nc3ccccc3OC)c2cc1Cl. The zero-order valence-corrected chi connectivity index (χ0v) is 18.1. The number of benzene rings is 2. The van der Waals surface area contributed by atoms with Crippen LogP contribution >= 0.6 is 11.6 Å². The molecule has 0 atom stereocenters. The molecule has 0 aliphatic carbocycles. The summed E-state index contributed by atoms with van der Waals surface area (Å²) in [5.41, 5.74) is 2.40. The first-order chi connectivity index (χ1) is 14.4. The number of para-hydroxylation sites is 2. The topological polar surface area (TPSA) is 71.8 Å². The Hall–Kier alpha value is -2.83. The van der Waals surface area contributed by atoms with Crippen LogP contribution in [0.2, 0.25) is 5.02 Å². The summed E-state index contributed by atoms with van der Waals surface area (Å²) in [7, 11) is 1.56. The van der Waals surface area contributed by atoms with Crippen molar-refractivity contribution >= 4 is 34.2 Å². The van der Waals surface area contributed by atoms with Gasteiger partial charge in [0.05, 0.1) is 19.3 Å². The molecule has 0 saturated carbocycles. The van der Waals surface area contributed by atoms with Crippen LogP contribution in [0.3, 0.4) is 0 Å². The Bertz CT molecular complexity index is 1110. The largest absolute Gasteiger partial charge is 0.495 e. The second kappa shape index (κ2) is 9.78. The highest BCUT2D eigenvalue weighted by atomic mass is 35.5. The van der Waals surface area contributed by atoms with Gasteiger partial charge in [0, 0.05) is 23.0 Å². The predicted octanol–water partition coefficient (Wildman–Crippen LogP) is 4.48. The van der Waals surface area contributed by atoms with E-state index in [9.17, 15) is 9.59 Å². The lowest BCUT2D eigenvalue weighted by Gasteiger charge is -2.21. The Morgan fingerprint density at radius 3 is 2.63 bits per heavy atom. The lowest BCUT2D eigenvalue weighted by atomic mass is 10.1. The van der Waals surface area contributed by atoms with Gasteiger partial charge in [-0.3, -0.25) is 9.69 Å². The fourth-order valence-corrected chi connectivity index (χ4v) is 3.65. The first kappa shape index (κ1) is 21.9. The predicted molar refractivity (Wildman–Crippen MR) is 119 cm³/mol. The minimum Gasteiger partial charge on any atom is -0.495 e. The van der Waals surface area contributed by atoms with E-state index in [-0.39, 0.29) is 12.5 Å². The monoisotopic (exact) mass is 428 g/mol. The number of halogens is 1. The van der Waals surface area contributed by atoms with Crippen molar-refractivity contribution in [3.8, 4) is 5.75 Å². The summed E-state index contributed by atoms with van der Waals surface area (Å²) in [6, 6.07) is 12.4.